The average molecular weight is 303 g/mol. The van der Waals surface area contributed by atoms with Crippen molar-refractivity contribution in [3.8, 4) is 0 Å². The molecule has 1 rings (SSSR count). The molecule has 0 spiro atoms. The van der Waals surface area contributed by atoms with E-state index in [1.807, 2.05) is 0 Å². The number of hydrogen-bond donors (Lipinski definition) is 2. The van der Waals surface area contributed by atoms with E-state index in [0.29, 0.717) is 32.8 Å². The lowest BCUT2D eigenvalue weighted by Gasteiger charge is -2.08. The molecule has 1 heterocycles. The van der Waals surface area contributed by atoms with Gasteiger partial charge < -0.3 is 15.2 Å². The van der Waals surface area contributed by atoms with Crippen LogP contribution in [0.2, 0.25) is 0 Å². The van der Waals surface area contributed by atoms with Crippen LogP contribution in [-0.4, -0.2) is 46.9 Å². The summed E-state index contributed by atoms with van der Waals surface area (Å²) in [6, 6.07) is 3.09. The zero-order valence-corrected chi connectivity index (χ0v) is 12.4. The van der Waals surface area contributed by atoms with E-state index in [1.54, 1.807) is 13.2 Å². The summed E-state index contributed by atoms with van der Waals surface area (Å²) in [5.74, 6) is 0. The Morgan fingerprint density at radius 2 is 2.10 bits per heavy atom. The number of sulfonamides is 1. The van der Waals surface area contributed by atoms with Crippen LogP contribution in [0.15, 0.2) is 23.4 Å². The largest absolute Gasteiger partial charge is 0.396 e. The normalized spacial score (nSPS) is 11.7. The number of unbranched alkanes of at least 4 members (excludes halogenated alkanes) is 1. The Balaban J connectivity index is 2.26. The molecule has 0 aliphatic heterocycles. The Morgan fingerprint density at radius 3 is 2.80 bits per heavy atom. The first-order valence-electron chi connectivity index (χ1n) is 6.35. The zero-order valence-electron chi connectivity index (χ0n) is 11.5. The van der Waals surface area contributed by atoms with Crippen LogP contribution in [0.4, 0.5) is 5.69 Å². The third-order valence-electron chi connectivity index (χ3n) is 2.49. The van der Waals surface area contributed by atoms with Crippen LogP contribution in [0.1, 0.15) is 12.8 Å². The van der Waals surface area contributed by atoms with Gasteiger partial charge in [0.05, 0.1) is 18.9 Å². The molecule has 0 aliphatic carbocycles. The van der Waals surface area contributed by atoms with Crippen molar-refractivity contribution in [3.63, 3.8) is 0 Å². The van der Waals surface area contributed by atoms with Crippen LogP contribution in [-0.2, 0) is 19.5 Å². The number of ether oxygens (including phenoxy) is 2. The second-order valence-corrected chi connectivity index (χ2v) is 5.79. The molecule has 0 radical (unpaired) electrons. The van der Waals surface area contributed by atoms with E-state index in [0.717, 1.165) is 6.42 Å². The number of nitrogen functional groups attached to an aromatic ring is 1. The first-order chi connectivity index (χ1) is 9.58. The Morgan fingerprint density at radius 1 is 1.30 bits per heavy atom. The van der Waals surface area contributed by atoms with Crippen LogP contribution >= 0.6 is 0 Å². The first kappa shape index (κ1) is 16.8. The van der Waals surface area contributed by atoms with Gasteiger partial charge in [0, 0.05) is 26.5 Å². The van der Waals surface area contributed by atoms with Gasteiger partial charge in [0.25, 0.3) is 10.0 Å². The molecule has 3 N–H and O–H groups in total. The number of nitrogens with two attached hydrogens (primary N) is 1. The van der Waals surface area contributed by atoms with Crippen molar-refractivity contribution in [1.29, 1.82) is 0 Å². The van der Waals surface area contributed by atoms with Crippen LogP contribution in [0, 0.1) is 0 Å². The summed E-state index contributed by atoms with van der Waals surface area (Å²) in [7, 11) is -2.03. The summed E-state index contributed by atoms with van der Waals surface area (Å²) in [5.41, 5.74) is 5.73. The summed E-state index contributed by atoms with van der Waals surface area (Å²) in [6.07, 6.45) is 2.84. The summed E-state index contributed by atoms with van der Waals surface area (Å²) >= 11 is 0. The molecular weight excluding hydrogens is 282 g/mol. The Kier molecular flexibility index (Phi) is 7.45. The zero-order chi connectivity index (χ0) is 14.8. The highest BCUT2D eigenvalue weighted by molar-refractivity contribution is 7.89. The highest BCUT2D eigenvalue weighted by Crippen LogP contribution is 2.13. The Bertz CT molecular complexity index is 493. The van der Waals surface area contributed by atoms with Gasteiger partial charge in [-0.2, -0.15) is 0 Å². The average Bonchev–Trinajstić information content (AvgIpc) is 2.42. The lowest BCUT2D eigenvalue weighted by atomic mass is 10.3. The summed E-state index contributed by atoms with van der Waals surface area (Å²) in [5, 5.41) is -0.128. The third-order valence-corrected chi connectivity index (χ3v) is 3.93. The van der Waals surface area contributed by atoms with Crippen LogP contribution in [0.3, 0.4) is 0 Å². The van der Waals surface area contributed by atoms with Gasteiger partial charge in [-0.15, -0.1) is 0 Å². The van der Waals surface area contributed by atoms with Gasteiger partial charge in [0.2, 0.25) is 0 Å². The van der Waals surface area contributed by atoms with Gasteiger partial charge in [0.1, 0.15) is 0 Å². The van der Waals surface area contributed by atoms with Crippen LogP contribution in [0.5, 0.6) is 0 Å². The molecule has 0 bridgehead atoms. The second kappa shape index (κ2) is 8.85. The van der Waals surface area contributed by atoms with E-state index >= 15 is 0 Å². The third kappa shape index (κ3) is 5.83. The van der Waals surface area contributed by atoms with Crippen molar-refractivity contribution in [2.75, 3.05) is 39.2 Å². The van der Waals surface area contributed by atoms with E-state index in [2.05, 4.69) is 9.71 Å². The monoisotopic (exact) mass is 303 g/mol. The molecule has 1 aromatic rings. The van der Waals surface area contributed by atoms with Crippen molar-refractivity contribution in [2.24, 2.45) is 0 Å². The molecule has 20 heavy (non-hydrogen) atoms. The molecule has 114 valence electrons. The number of nitrogens with one attached hydrogen (secondary N) is 1. The molecule has 0 saturated carbocycles. The van der Waals surface area contributed by atoms with Gasteiger partial charge in [-0.05, 0) is 25.0 Å². The molecule has 8 heteroatoms. The summed E-state index contributed by atoms with van der Waals surface area (Å²) in [6.45, 7) is 2.01. The van der Waals surface area contributed by atoms with E-state index in [1.165, 1.54) is 12.3 Å². The van der Waals surface area contributed by atoms with Gasteiger partial charge in [-0.25, -0.2) is 18.1 Å². The van der Waals surface area contributed by atoms with Gasteiger partial charge in [0.15, 0.2) is 5.03 Å². The minimum absolute atomic E-state index is 0.128. The second-order valence-electron chi connectivity index (χ2n) is 4.11. The van der Waals surface area contributed by atoms with Crippen molar-refractivity contribution in [2.45, 2.75) is 17.9 Å². The fourth-order valence-electron chi connectivity index (χ4n) is 1.48. The van der Waals surface area contributed by atoms with Gasteiger partial charge in [-0.3, -0.25) is 0 Å². The molecule has 0 aliphatic rings. The minimum Gasteiger partial charge on any atom is -0.396 e. The number of anilines is 1. The predicted octanol–water partition coefficient (Wildman–Crippen LogP) is 0.385. The van der Waals surface area contributed by atoms with Crippen LogP contribution in [0.25, 0.3) is 0 Å². The van der Waals surface area contributed by atoms with E-state index in [-0.39, 0.29) is 10.7 Å². The molecule has 0 fully saturated rings. The smallest absolute Gasteiger partial charge is 0.260 e. The molecule has 0 atom stereocenters. The lowest BCUT2D eigenvalue weighted by Crippen LogP contribution is -2.26. The fraction of sp³-hybridized carbons (Fsp3) is 0.583. The maximum Gasteiger partial charge on any atom is 0.260 e. The highest BCUT2D eigenvalue weighted by atomic mass is 32.2. The van der Waals surface area contributed by atoms with Crippen LogP contribution < -0.4 is 10.5 Å². The topological polar surface area (TPSA) is 104 Å². The first-order valence-corrected chi connectivity index (χ1v) is 7.83. The van der Waals surface area contributed by atoms with E-state index in [4.69, 9.17) is 15.2 Å². The number of nitrogens with zero attached hydrogens (tertiary/aromatic N) is 1. The molecular formula is C12H21N3O4S. The van der Waals surface area contributed by atoms with Crippen molar-refractivity contribution in [3.05, 3.63) is 18.3 Å². The lowest BCUT2D eigenvalue weighted by molar-refractivity contribution is 0.0689. The molecule has 0 unspecified atom stereocenters. The molecule has 0 aromatic carbocycles. The SMILES string of the molecule is COCCOCCCCNS(=O)(=O)c1ncccc1N. The maximum absolute atomic E-state index is 11.9. The number of methoxy groups -OCH3 is 1. The number of aromatic nitrogens is 1. The highest BCUT2D eigenvalue weighted by Gasteiger charge is 2.17. The summed E-state index contributed by atoms with van der Waals surface area (Å²) in [4.78, 5) is 3.78. The Hall–Kier alpha value is -1.22. The molecule has 7 nitrogen and oxygen atoms in total. The standard InChI is InChI=1S/C12H21N3O4S/c1-18-9-10-19-8-3-2-7-15-20(16,17)12-11(13)5-4-6-14-12/h4-6,15H,2-3,7-10,13H2,1H3. The minimum atomic E-state index is -3.64. The van der Waals surface area contributed by atoms with Crippen molar-refractivity contribution < 1.29 is 17.9 Å². The number of rotatable bonds is 10. The van der Waals surface area contributed by atoms with Crippen molar-refractivity contribution >= 4 is 15.7 Å². The van der Waals surface area contributed by atoms with E-state index in [9.17, 15) is 8.42 Å². The van der Waals surface area contributed by atoms with Gasteiger partial charge >= 0.3 is 0 Å². The molecule has 0 amide bonds. The van der Waals surface area contributed by atoms with E-state index < -0.39 is 10.0 Å². The maximum atomic E-state index is 11.9. The molecule has 1 aromatic heterocycles. The van der Waals surface area contributed by atoms with Gasteiger partial charge in [-0.1, -0.05) is 0 Å². The summed E-state index contributed by atoms with van der Waals surface area (Å²) < 4.78 is 36.4. The predicted molar refractivity (Wildman–Crippen MR) is 75.8 cm³/mol. The van der Waals surface area contributed by atoms with Crippen molar-refractivity contribution in [1.82, 2.24) is 9.71 Å². The molecule has 0 saturated heterocycles. The fourth-order valence-corrected chi connectivity index (χ4v) is 2.60. The Labute approximate surface area is 119 Å². The quantitative estimate of drug-likeness (QED) is 0.606. The number of hydrogen-bond acceptors (Lipinski definition) is 6. The number of pyridine rings is 1.